The number of sulfone groups is 1. The average Bonchev–Trinajstić information content (AvgIpc) is 3.25. The topological polar surface area (TPSA) is 73.5 Å². The molecule has 1 aromatic heterocycles. The number of piperazine rings is 1. The number of benzene rings is 1. The number of carbonyl (C=O) groups is 1. The molecule has 0 bridgehead atoms. The second kappa shape index (κ2) is 5.82. The van der Waals surface area contributed by atoms with E-state index in [-0.39, 0.29) is 35.4 Å². The van der Waals surface area contributed by atoms with Gasteiger partial charge in [0.1, 0.15) is 0 Å². The number of aromatic nitrogens is 1. The van der Waals surface area contributed by atoms with E-state index in [4.69, 9.17) is 0 Å². The summed E-state index contributed by atoms with van der Waals surface area (Å²) in [4.78, 5) is 19.9. The van der Waals surface area contributed by atoms with Crippen molar-refractivity contribution in [2.75, 3.05) is 24.6 Å². The van der Waals surface area contributed by atoms with Crippen LogP contribution in [0.25, 0.3) is 10.9 Å². The van der Waals surface area contributed by atoms with Crippen molar-refractivity contribution in [3.8, 4) is 0 Å². The van der Waals surface area contributed by atoms with Crippen molar-refractivity contribution >= 4 is 26.6 Å². The third kappa shape index (κ3) is 2.83. The maximum absolute atomic E-state index is 12.6. The highest BCUT2D eigenvalue weighted by molar-refractivity contribution is 7.91. The second-order valence-electron chi connectivity index (χ2n) is 7.89. The molecule has 0 unspecified atom stereocenters. The van der Waals surface area contributed by atoms with Gasteiger partial charge in [-0.1, -0.05) is 6.07 Å². The highest BCUT2D eigenvalue weighted by Gasteiger charge is 2.49. The fourth-order valence-electron chi connectivity index (χ4n) is 4.50. The molecule has 1 N–H and O–H groups in total. The highest BCUT2D eigenvalue weighted by Crippen LogP contribution is 2.35. The number of nitrogens with zero attached hydrogens (tertiary/aromatic N) is 2. The molecule has 3 heterocycles. The minimum absolute atomic E-state index is 0.0848. The maximum Gasteiger partial charge on any atom is 0.226 e. The smallest absolute Gasteiger partial charge is 0.226 e. The van der Waals surface area contributed by atoms with E-state index >= 15 is 0 Å². The summed E-state index contributed by atoms with van der Waals surface area (Å²) in [5, 5.41) is 1.17. The van der Waals surface area contributed by atoms with E-state index in [1.165, 1.54) is 10.9 Å². The molecule has 1 aliphatic carbocycles. The van der Waals surface area contributed by atoms with Crippen LogP contribution in [0.3, 0.4) is 0 Å². The first-order valence-corrected chi connectivity index (χ1v) is 11.1. The molecule has 5 rings (SSSR count). The molecule has 1 saturated carbocycles. The van der Waals surface area contributed by atoms with Crippen LogP contribution >= 0.6 is 0 Å². The first-order chi connectivity index (χ1) is 12.5. The van der Waals surface area contributed by atoms with E-state index in [0.717, 1.165) is 31.4 Å². The van der Waals surface area contributed by atoms with Gasteiger partial charge in [0.05, 0.1) is 17.5 Å². The first kappa shape index (κ1) is 16.3. The minimum atomic E-state index is -3.09. The predicted octanol–water partition coefficient (Wildman–Crippen LogP) is 1.39. The van der Waals surface area contributed by atoms with Crippen LogP contribution in [0.2, 0.25) is 0 Å². The molecule has 1 amide bonds. The lowest BCUT2D eigenvalue weighted by Gasteiger charge is -2.44. The monoisotopic (exact) mass is 373 g/mol. The van der Waals surface area contributed by atoms with Gasteiger partial charge >= 0.3 is 0 Å². The van der Waals surface area contributed by atoms with Gasteiger partial charge in [0.25, 0.3) is 0 Å². The third-order valence-electron chi connectivity index (χ3n) is 6.00. The Labute approximate surface area is 153 Å². The molecule has 3 aliphatic rings. The Kier molecular flexibility index (Phi) is 3.66. The molecule has 1 aromatic carbocycles. The fourth-order valence-corrected chi connectivity index (χ4v) is 6.51. The lowest BCUT2D eigenvalue weighted by Crippen LogP contribution is -2.60. The van der Waals surface area contributed by atoms with Crippen molar-refractivity contribution in [2.24, 2.45) is 5.92 Å². The van der Waals surface area contributed by atoms with Crippen molar-refractivity contribution in [2.45, 2.75) is 31.5 Å². The zero-order chi connectivity index (χ0) is 17.9. The number of rotatable bonds is 3. The third-order valence-corrected chi connectivity index (χ3v) is 7.70. The van der Waals surface area contributed by atoms with E-state index in [0.29, 0.717) is 6.54 Å². The van der Waals surface area contributed by atoms with Gasteiger partial charge in [-0.05, 0) is 42.0 Å². The molecule has 2 saturated heterocycles. The summed E-state index contributed by atoms with van der Waals surface area (Å²) in [6, 6.07) is 8.11. The van der Waals surface area contributed by atoms with E-state index in [9.17, 15) is 13.2 Å². The van der Waals surface area contributed by atoms with Gasteiger partial charge in [-0.15, -0.1) is 0 Å². The Bertz CT molecular complexity index is 963. The summed E-state index contributed by atoms with van der Waals surface area (Å²) < 4.78 is 24.6. The number of aromatic amines is 1. The number of amides is 1. The van der Waals surface area contributed by atoms with Crippen LogP contribution in [0, 0.1) is 5.92 Å². The van der Waals surface area contributed by atoms with Crippen LogP contribution in [0.1, 0.15) is 18.4 Å². The van der Waals surface area contributed by atoms with Crippen LogP contribution in [-0.4, -0.2) is 65.8 Å². The van der Waals surface area contributed by atoms with E-state index in [1.54, 1.807) is 0 Å². The van der Waals surface area contributed by atoms with Gasteiger partial charge in [-0.25, -0.2) is 8.42 Å². The van der Waals surface area contributed by atoms with Crippen LogP contribution in [0.5, 0.6) is 0 Å². The van der Waals surface area contributed by atoms with Crippen molar-refractivity contribution < 1.29 is 13.2 Å². The molecular formula is C19H23N3O3S. The Balaban J connectivity index is 1.40. The quantitative estimate of drug-likeness (QED) is 0.882. The number of nitrogens with one attached hydrogen (secondary N) is 1. The molecule has 2 aliphatic heterocycles. The second-order valence-corrected chi connectivity index (χ2v) is 10.0. The molecular weight excluding hydrogens is 350 g/mol. The average molecular weight is 373 g/mol. The standard InChI is InChI=1S/C19H23N3O3S/c23-19(14-2-3-14)22-8-7-21(17-11-26(24,25)12-18(17)22)10-13-1-4-16-15(9-13)5-6-20-16/h1,4-6,9,14,17-18,20H,2-3,7-8,10-12H2/t17-,18+/m0/s1. The Hall–Kier alpha value is -1.86. The predicted molar refractivity (Wildman–Crippen MR) is 99.4 cm³/mol. The summed E-state index contributed by atoms with van der Waals surface area (Å²) in [5.74, 6) is 0.592. The summed E-state index contributed by atoms with van der Waals surface area (Å²) in [6.07, 6.45) is 3.84. The van der Waals surface area contributed by atoms with Crippen LogP contribution in [-0.2, 0) is 21.2 Å². The zero-order valence-electron chi connectivity index (χ0n) is 14.6. The molecule has 138 valence electrons. The molecule has 0 spiro atoms. The highest BCUT2D eigenvalue weighted by atomic mass is 32.2. The number of H-pyrrole nitrogens is 1. The Morgan fingerprint density at radius 3 is 2.73 bits per heavy atom. The van der Waals surface area contributed by atoms with Gasteiger partial charge in [0.15, 0.2) is 9.84 Å². The van der Waals surface area contributed by atoms with Crippen LogP contribution in [0.4, 0.5) is 0 Å². The SMILES string of the molecule is O=C(C1CC1)N1CCN(Cc2ccc3[nH]ccc3c2)[C@H]2CS(=O)(=O)C[C@H]21. The molecule has 2 aromatic rings. The lowest BCUT2D eigenvalue weighted by molar-refractivity contribution is -0.138. The lowest BCUT2D eigenvalue weighted by atomic mass is 10.0. The Morgan fingerprint density at radius 2 is 1.92 bits per heavy atom. The molecule has 3 fully saturated rings. The minimum Gasteiger partial charge on any atom is -0.361 e. The van der Waals surface area contributed by atoms with Crippen molar-refractivity contribution in [3.63, 3.8) is 0 Å². The van der Waals surface area contributed by atoms with Gasteiger partial charge < -0.3 is 9.88 Å². The number of hydrogen-bond donors (Lipinski definition) is 1. The van der Waals surface area contributed by atoms with E-state index in [1.807, 2.05) is 17.2 Å². The van der Waals surface area contributed by atoms with Crippen LogP contribution in [0.15, 0.2) is 30.5 Å². The van der Waals surface area contributed by atoms with Gasteiger partial charge in [-0.2, -0.15) is 0 Å². The summed E-state index contributed by atoms with van der Waals surface area (Å²) in [6.45, 7) is 2.10. The maximum atomic E-state index is 12.6. The van der Waals surface area contributed by atoms with E-state index < -0.39 is 9.84 Å². The summed E-state index contributed by atoms with van der Waals surface area (Å²) in [5.41, 5.74) is 2.29. The molecule has 2 atom stereocenters. The number of fused-ring (bicyclic) bond motifs is 2. The van der Waals surface area contributed by atoms with E-state index in [2.05, 4.69) is 28.1 Å². The summed E-state index contributed by atoms with van der Waals surface area (Å²) in [7, 11) is -3.09. The fraction of sp³-hybridized carbons (Fsp3) is 0.526. The normalized spacial score (nSPS) is 28.4. The molecule has 26 heavy (non-hydrogen) atoms. The molecule has 6 nitrogen and oxygen atoms in total. The van der Waals surface area contributed by atoms with Crippen molar-refractivity contribution in [1.29, 1.82) is 0 Å². The van der Waals surface area contributed by atoms with Gasteiger partial charge in [0.2, 0.25) is 5.91 Å². The summed E-state index contributed by atoms with van der Waals surface area (Å²) >= 11 is 0. The molecule has 0 radical (unpaired) electrons. The van der Waals surface area contributed by atoms with Gasteiger partial charge in [0, 0.05) is 43.3 Å². The Morgan fingerprint density at radius 1 is 1.12 bits per heavy atom. The van der Waals surface area contributed by atoms with Crippen molar-refractivity contribution in [1.82, 2.24) is 14.8 Å². The van der Waals surface area contributed by atoms with Crippen LogP contribution < -0.4 is 0 Å². The zero-order valence-corrected chi connectivity index (χ0v) is 15.4. The van der Waals surface area contributed by atoms with Crippen molar-refractivity contribution in [3.05, 3.63) is 36.0 Å². The molecule has 7 heteroatoms. The largest absolute Gasteiger partial charge is 0.361 e. The number of carbonyl (C=O) groups excluding carboxylic acids is 1. The first-order valence-electron chi connectivity index (χ1n) is 9.31. The van der Waals surface area contributed by atoms with Gasteiger partial charge in [-0.3, -0.25) is 9.69 Å². The number of hydrogen-bond acceptors (Lipinski definition) is 4.